The maximum absolute atomic E-state index is 5.51. The van der Waals surface area contributed by atoms with Crippen LogP contribution in [0.3, 0.4) is 0 Å². The van der Waals surface area contributed by atoms with E-state index in [1.54, 1.807) is 0 Å². The topological polar surface area (TPSA) is 17.5 Å². The van der Waals surface area contributed by atoms with Crippen LogP contribution in [0.4, 0.5) is 0 Å². The van der Waals surface area contributed by atoms with E-state index < -0.39 is 0 Å². The second-order valence-electron chi connectivity index (χ2n) is 7.37. The average molecular weight is 365 g/mol. The Morgan fingerprint density at radius 1 is 0.893 bits per heavy atom. The fourth-order valence-corrected chi connectivity index (χ4v) is 3.97. The molecule has 1 fully saturated rings. The van der Waals surface area contributed by atoms with Crippen molar-refractivity contribution in [2.75, 3.05) is 6.61 Å². The van der Waals surface area contributed by atoms with Crippen molar-refractivity contribution >= 4 is 22.6 Å². The summed E-state index contributed by atoms with van der Waals surface area (Å²) in [6.45, 7) is 4.02. The molecule has 0 spiro atoms. The Morgan fingerprint density at radius 3 is 2.07 bits per heavy atom. The van der Waals surface area contributed by atoms with Gasteiger partial charge in [0.25, 0.3) is 0 Å². The number of fused-ring (bicyclic) bond motifs is 1. The smallest absolute Gasteiger partial charge is 0.0988 e. The summed E-state index contributed by atoms with van der Waals surface area (Å²) in [4.78, 5) is 0. The van der Waals surface area contributed by atoms with Crippen LogP contribution in [-0.4, -0.2) is 17.3 Å². The van der Waals surface area contributed by atoms with Gasteiger partial charge in [-0.3, -0.25) is 0 Å². The first-order valence-electron chi connectivity index (χ1n) is 9.83. The molecule has 0 N–H and O–H groups in total. The van der Waals surface area contributed by atoms with E-state index in [4.69, 9.17) is 4.74 Å². The SMILES string of the molecule is Cc1c(C=C(c2ccccc2)c2ccccc2)c2ccccc2n1CC1CO1. The molecule has 1 atom stereocenters. The zero-order valence-electron chi connectivity index (χ0n) is 16.0. The van der Waals surface area contributed by atoms with E-state index in [0.29, 0.717) is 6.10 Å². The van der Waals surface area contributed by atoms with Crippen molar-refractivity contribution in [3.63, 3.8) is 0 Å². The Kier molecular flexibility index (Phi) is 4.34. The van der Waals surface area contributed by atoms with Crippen LogP contribution in [0.5, 0.6) is 0 Å². The third-order valence-electron chi connectivity index (χ3n) is 5.53. The van der Waals surface area contributed by atoms with Crippen molar-refractivity contribution in [1.82, 2.24) is 4.57 Å². The van der Waals surface area contributed by atoms with Gasteiger partial charge < -0.3 is 9.30 Å². The molecule has 2 heteroatoms. The van der Waals surface area contributed by atoms with Gasteiger partial charge in [-0.15, -0.1) is 0 Å². The van der Waals surface area contributed by atoms with E-state index in [1.807, 2.05) is 0 Å². The molecule has 1 aliphatic rings. The molecular weight excluding hydrogens is 342 g/mol. The summed E-state index contributed by atoms with van der Waals surface area (Å²) in [5, 5.41) is 1.30. The van der Waals surface area contributed by atoms with Gasteiger partial charge in [-0.25, -0.2) is 0 Å². The highest BCUT2D eigenvalue weighted by Crippen LogP contribution is 2.33. The van der Waals surface area contributed by atoms with Gasteiger partial charge in [0, 0.05) is 22.2 Å². The molecule has 28 heavy (non-hydrogen) atoms. The number of hydrogen-bond donors (Lipinski definition) is 0. The molecule has 138 valence electrons. The number of aromatic nitrogens is 1. The van der Waals surface area contributed by atoms with Gasteiger partial charge in [0.2, 0.25) is 0 Å². The third kappa shape index (κ3) is 3.17. The van der Waals surface area contributed by atoms with Gasteiger partial charge in [-0.2, -0.15) is 0 Å². The molecule has 5 rings (SSSR count). The molecule has 0 aliphatic carbocycles. The lowest BCUT2D eigenvalue weighted by molar-refractivity contribution is 0.384. The van der Waals surface area contributed by atoms with E-state index in [1.165, 1.54) is 38.9 Å². The fourth-order valence-electron chi connectivity index (χ4n) is 3.97. The summed E-state index contributed by atoms with van der Waals surface area (Å²) in [7, 11) is 0. The number of hydrogen-bond acceptors (Lipinski definition) is 1. The summed E-state index contributed by atoms with van der Waals surface area (Å²) in [5.41, 5.74) is 7.57. The largest absolute Gasteiger partial charge is 0.371 e. The van der Waals surface area contributed by atoms with Crippen molar-refractivity contribution < 1.29 is 4.74 Å². The Bertz CT molecular complexity index is 1090. The number of nitrogens with zero attached hydrogens (tertiary/aromatic N) is 1. The second-order valence-corrected chi connectivity index (χ2v) is 7.37. The quantitative estimate of drug-likeness (QED) is 0.400. The van der Waals surface area contributed by atoms with Crippen LogP contribution < -0.4 is 0 Å². The first-order chi connectivity index (χ1) is 13.8. The number of para-hydroxylation sites is 1. The molecular formula is C26H23NO. The Labute approximate surface area is 165 Å². The molecule has 2 heterocycles. The molecule has 1 saturated heterocycles. The van der Waals surface area contributed by atoms with E-state index >= 15 is 0 Å². The van der Waals surface area contributed by atoms with Crippen molar-refractivity contribution in [1.29, 1.82) is 0 Å². The molecule has 0 saturated carbocycles. The van der Waals surface area contributed by atoms with Crippen LogP contribution in [0.2, 0.25) is 0 Å². The lowest BCUT2D eigenvalue weighted by Crippen LogP contribution is -2.05. The van der Waals surface area contributed by atoms with E-state index in [-0.39, 0.29) is 0 Å². The molecule has 3 aromatic carbocycles. The van der Waals surface area contributed by atoms with Gasteiger partial charge in [0.1, 0.15) is 0 Å². The molecule has 2 nitrogen and oxygen atoms in total. The fraction of sp³-hybridized carbons (Fsp3) is 0.154. The molecule has 1 unspecified atom stereocenters. The summed E-state index contributed by atoms with van der Waals surface area (Å²) in [6.07, 6.45) is 2.71. The molecule has 1 aliphatic heterocycles. The normalized spacial score (nSPS) is 15.5. The van der Waals surface area contributed by atoms with Crippen LogP contribution in [-0.2, 0) is 11.3 Å². The summed E-state index contributed by atoms with van der Waals surface area (Å²) >= 11 is 0. The zero-order valence-corrected chi connectivity index (χ0v) is 16.0. The summed E-state index contributed by atoms with van der Waals surface area (Å²) < 4.78 is 7.92. The summed E-state index contributed by atoms with van der Waals surface area (Å²) in [5.74, 6) is 0. The van der Waals surface area contributed by atoms with Crippen molar-refractivity contribution in [2.24, 2.45) is 0 Å². The van der Waals surface area contributed by atoms with Gasteiger partial charge in [-0.1, -0.05) is 78.9 Å². The highest BCUT2D eigenvalue weighted by Gasteiger charge is 2.25. The first-order valence-corrected chi connectivity index (χ1v) is 9.83. The van der Waals surface area contributed by atoms with Crippen LogP contribution >= 0.6 is 0 Å². The highest BCUT2D eigenvalue weighted by atomic mass is 16.6. The number of benzene rings is 3. The Morgan fingerprint density at radius 2 is 1.46 bits per heavy atom. The maximum Gasteiger partial charge on any atom is 0.0988 e. The minimum absolute atomic E-state index is 0.356. The maximum atomic E-state index is 5.51. The molecule has 0 radical (unpaired) electrons. The minimum Gasteiger partial charge on any atom is -0.371 e. The lowest BCUT2D eigenvalue weighted by atomic mass is 9.95. The predicted molar refractivity (Wildman–Crippen MR) is 116 cm³/mol. The van der Waals surface area contributed by atoms with Gasteiger partial charge >= 0.3 is 0 Å². The predicted octanol–water partition coefficient (Wildman–Crippen LogP) is 5.94. The average Bonchev–Trinajstić information content (AvgIpc) is 3.54. The number of ether oxygens (including phenoxy) is 1. The van der Waals surface area contributed by atoms with Gasteiger partial charge in [0.15, 0.2) is 0 Å². The zero-order chi connectivity index (χ0) is 18.9. The Balaban J connectivity index is 1.73. The van der Waals surface area contributed by atoms with Crippen LogP contribution in [0.25, 0.3) is 22.6 Å². The third-order valence-corrected chi connectivity index (χ3v) is 5.53. The van der Waals surface area contributed by atoms with Crippen LogP contribution in [0.15, 0.2) is 84.9 Å². The van der Waals surface area contributed by atoms with Crippen molar-refractivity contribution in [3.05, 3.63) is 107 Å². The van der Waals surface area contributed by atoms with E-state index in [2.05, 4.69) is 102 Å². The monoisotopic (exact) mass is 365 g/mol. The standard InChI is InChI=1S/C26H23NO/c1-19-24(23-14-8-9-15-26(23)27(19)17-22-18-28-22)16-25(20-10-4-2-5-11-20)21-12-6-3-7-13-21/h2-16,22H,17-18H2,1H3. The molecule has 4 aromatic rings. The molecule has 1 aromatic heterocycles. The van der Waals surface area contributed by atoms with Crippen molar-refractivity contribution in [3.8, 4) is 0 Å². The Hall–Kier alpha value is -3.10. The first kappa shape index (κ1) is 17.0. The second kappa shape index (κ2) is 7.14. The highest BCUT2D eigenvalue weighted by molar-refractivity contribution is 6.00. The summed E-state index contributed by atoms with van der Waals surface area (Å²) in [6, 6.07) is 30.0. The van der Waals surface area contributed by atoms with E-state index in [9.17, 15) is 0 Å². The number of rotatable bonds is 5. The molecule has 0 amide bonds. The van der Waals surface area contributed by atoms with Crippen molar-refractivity contribution in [2.45, 2.75) is 19.6 Å². The van der Waals surface area contributed by atoms with E-state index in [0.717, 1.165) is 13.2 Å². The number of epoxide rings is 1. The van der Waals surface area contributed by atoms with Gasteiger partial charge in [0.05, 0.1) is 19.3 Å². The lowest BCUT2D eigenvalue weighted by Gasteiger charge is -2.10. The van der Waals surface area contributed by atoms with Crippen LogP contribution in [0.1, 0.15) is 22.4 Å². The van der Waals surface area contributed by atoms with Gasteiger partial charge in [-0.05, 0) is 35.8 Å². The van der Waals surface area contributed by atoms with Crippen LogP contribution in [0, 0.1) is 6.92 Å². The minimum atomic E-state index is 0.356. The molecule has 0 bridgehead atoms.